The van der Waals surface area contributed by atoms with Crippen LogP contribution in [0.2, 0.25) is 0 Å². The zero-order valence-electron chi connectivity index (χ0n) is 14.3. The van der Waals surface area contributed by atoms with Crippen molar-refractivity contribution in [3.63, 3.8) is 0 Å². The first-order chi connectivity index (χ1) is 12.5. The average Bonchev–Trinajstić information content (AvgIpc) is 2.64. The SMILES string of the molecule is COc1ccc2c(=O)[nH]c(O)c(C=NCc3ccc(OC)c(O)c3)c2c1. The number of aromatic nitrogens is 1. The van der Waals surface area contributed by atoms with Crippen LogP contribution in [0, 0.1) is 0 Å². The van der Waals surface area contributed by atoms with E-state index in [9.17, 15) is 15.0 Å². The monoisotopic (exact) mass is 354 g/mol. The van der Waals surface area contributed by atoms with Gasteiger partial charge >= 0.3 is 0 Å². The third kappa shape index (κ3) is 3.32. The molecule has 0 spiro atoms. The van der Waals surface area contributed by atoms with Crippen molar-refractivity contribution in [3.8, 4) is 23.1 Å². The van der Waals surface area contributed by atoms with Crippen LogP contribution in [0.25, 0.3) is 10.8 Å². The molecule has 134 valence electrons. The summed E-state index contributed by atoms with van der Waals surface area (Å²) in [6, 6.07) is 9.97. The van der Waals surface area contributed by atoms with Crippen molar-refractivity contribution >= 4 is 17.0 Å². The molecule has 0 atom stereocenters. The maximum atomic E-state index is 12.0. The van der Waals surface area contributed by atoms with Crippen LogP contribution in [-0.4, -0.2) is 35.6 Å². The zero-order valence-corrected chi connectivity index (χ0v) is 14.3. The predicted molar refractivity (Wildman–Crippen MR) is 98.7 cm³/mol. The smallest absolute Gasteiger partial charge is 0.258 e. The van der Waals surface area contributed by atoms with Gasteiger partial charge in [-0.15, -0.1) is 0 Å². The summed E-state index contributed by atoms with van der Waals surface area (Å²) in [5.74, 6) is 0.714. The summed E-state index contributed by atoms with van der Waals surface area (Å²) in [6.45, 7) is 0.279. The minimum absolute atomic E-state index is 0.0299. The fourth-order valence-corrected chi connectivity index (χ4v) is 2.65. The molecular formula is C19H18N2O5. The number of ether oxygens (including phenoxy) is 2. The van der Waals surface area contributed by atoms with E-state index in [4.69, 9.17) is 9.47 Å². The molecule has 0 saturated heterocycles. The lowest BCUT2D eigenvalue weighted by molar-refractivity contribution is 0.373. The molecule has 2 aromatic carbocycles. The van der Waals surface area contributed by atoms with Crippen molar-refractivity contribution in [1.29, 1.82) is 0 Å². The van der Waals surface area contributed by atoms with Gasteiger partial charge in [0.25, 0.3) is 5.56 Å². The van der Waals surface area contributed by atoms with Gasteiger partial charge in [-0.3, -0.25) is 14.8 Å². The molecule has 0 aliphatic carbocycles. The molecule has 0 fully saturated rings. The van der Waals surface area contributed by atoms with Gasteiger partial charge in [-0.2, -0.15) is 0 Å². The molecule has 0 radical (unpaired) electrons. The number of hydrogen-bond donors (Lipinski definition) is 3. The number of fused-ring (bicyclic) bond motifs is 1. The normalized spacial score (nSPS) is 11.2. The van der Waals surface area contributed by atoms with Crippen molar-refractivity contribution in [2.24, 2.45) is 4.99 Å². The largest absolute Gasteiger partial charge is 0.504 e. The maximum absolute atomic E-state index is 12.0. The van der Waals surface area contributed by atoms with Gasteiger partial charge in [-0.25, -0.2) is 0 Å². The van der Waals surface area contributed by atoms with E-state index < -0.39 is 5.56 Å². The van der Waals surface area contributed by atoms with Crippen LogP contribution < -0.4 is 15.0 Å². The van der Waals surface area contributed by atoms with E-state index in [0.717, 1.165) is 5.56 Å². The molecule has 1 aromatic heterocycles. The van der Waals surface area contributed by atoms with Gasteiger partial charge in [0, 0.05) is 17.0 Å². The Kier molecular flexibility index (Phi) is 4.79. The Morgan fingerprint density at radius 3 is 2.58 bits per heavy atom. The van der Waals surface area contributed by atoms with E-state index in [1.165, 1.54) is 20.4 Å². The van der Waals surface area contributed by atoms with E-state index in [1.54, 1.807) is 36.4 Å². The summed E-state index contributed by atoms with van der Waals surface area (Å²) in [5.41, 5.74) is 0.763. The number of nitrogens with one attached hydrogen (secondary N) is 1. The molecule has 3 rings (SSSR count). The second-order valence-electron chi connectivity index (χ2n) is 5.60. The Balaban J connectivity index is 1.96. The predicted octanol–water partition coefficient (Wildman–Crippen LogP) is 2.58. The number of phenols is 1. The fourth-order valence-electron chi connectivity index (χ4n) is 2.65. The first-order valence-electron chi connectivity index (χ1n) is 7.82. The second kappa shape index (κ2) is 7.18. The van der Waals surface area contributed by atoms with Crippen LogP contribution in [0.1, 0.15) is 11.1 Å². The second-order valence-corrected chi connectivity index (χ2v) is 5.60. The Morgan fingerprint density at radius 1 is 1.08 bits per heavy atom. The summed E-state index contributed by atoms with van der Waals surface area (Å²) >= 11 is 0. The number of pyridine rings is 1. The highest BCUT2D eigenvalue weighted by Crippen LogP contribution is 2.27. The zero-order chi connectivity index (χ0) is 18.7. The molecule has 0 aliphatic heterocycles. The number of rotatable bonds is 5. The summed E-state index contributed by atoms with van der Waals surface area (Å²) in [6.07, 6.45) is 1.48. The highest BCUT2D eigenvalue weighted by Gasteiger charge is 2.10. The molecule has 7 nitrogen and oxygen atoms in total. The van der Waals surface area contributed by atoms with Gasteiger partial charge in [0.15, 0.2) is 11.5 Å². The molecule has 3 N–H and O–H groups in total. The summed E-state index contributed by atoms with van der Waals surface area (Å²) < 4.78 is 10.2. The Morgan fingerprint density at radius 2 is 1.88 bits per heavy atom. The van der Waals surface area contributed by atoms with E-state index >= 15 is 0 Å². The Bertz CT molecular complexity index is 1040. The maximum Gasteiger partial charge on any atom is 0.258 e. The van der Waals surface area contributed by atoms with Gasteiger partial charge < -0.3 is 19.7 Å². The van der Waals surface area contributed by atoms with Crippen LogP contribution in [0.5, 0.6) is 23.1 Å². The van der Waals surface area contributed by atoms with Crippen LogP contribution in [0.3, 0.4) is 0 Å². The molecule has 7 heteroatoms. The molecule has 1 heterocycles. The highest BCUT2D eigenvalue weighted by atomic mass is 16.5. The van der Waals surface area contributed by atoms with Crippen molar-refractivity contribution in [2.45, 2.75) is 6.54 Å². The molecule has 3 aromatic rings. The number of benzene rings is 2. The standard InChI is InChI=1S/C19H18N2O5/c1-25-12-4-5-13-14(8-12)15(19(24)21-18(13)23)10-20-9-11-3-6-17(26-2)16(22)7-11/h3-8,10,22H,9H2,1-2H3,(H2,21,23,24). The molecule has 0 unspecified atom stereocenters. The van der Waals surface area contributed by atoms with E-state index in [0.29, 0.717) is 27.8 Å². The number of aromatic amines is 1. The van der Waals surface area contributed by atoms with E-state index in [1.807, 2.05) is 0 Å². The summed E-state index contributed by atoms with van der Waals surface area (Å²) in [4.78, 5) is 18.7. The molecule has 0 bridgehead atoms. The number of aliphatic imine (C=N–C) groups is 1. The van der Waals surface area contributed by atoms with Gasteiger partial charge in [0.05, 0.1) is 26.3 Å². The third-order valence-electron chi connectivity index (χ3n) is 3.99. The highest BCUT2D eigenvalue weighted by molar-refractivity contribution is 6.01. The number of hydrogen-bond acceptors (Lipinski definition) is 6. The summed E-state index contributed by atoms with van der Waals surface area (Å²) in [7, 11) is 3.00. The number of H-pyrrole nitrogens is 1. The van der Waals surface area contributed by atoms with Crippen molar-refractivity contribution in [1.82, 2.24) is 4.98 Å². The molecular weight excluding hydrogens is 336 g/mol. The topological polar surface area (TPSA) is 104 Å². The van der Waals surface area contributed by atoms with Gasteiger partial charge in [-0.1, -0.05) is 6.07 Å². The van der Waals surface area contributed by atoms with Crippen LogP contribution in [-0.2, 0) is 6.54 Å². The number of nitrogens with zero attached hydrogens (tertiary/aromatic N) is 1. The third-order valence-corrected chi connectivity index (χ3v) is 3.99. The van der Waals surface area contributed by atoms with E-state index in [2.05, 4.69) is 9.98 Å². The first-order valence-corrected chi connectivity index (χ1v) is 7.82. The number of phenolic OH excluding ortho intramolecular Hbond substituents is 1. The minimum Gasteiger partial charge on any atom is -0.504 e. The molecule has 0 aliphatic rings. The lowest BCUT2D eigenvalue weighted by atomic mass is 10.1. The van der Waals surface area contributed by atoms with Crippen LogP contribution >= 0.6 is 0 Å². The molecule has 0 saturated carbocycles. The van der Waals surface area contributed by atoms with Gasteiger partial charge in [0.2, 0.25) is 5.88 Å². The van der Waals surface area contributed by atoms with Crippen LogP contribution in [0.15, 0.2) is 46.2 Å². The Hall–Kier alpha value is -3.48. The average molecular weight is 354 g/mol. The van der Waals surface area contributed by atoms with Gasteiger partial charge in [-0.05, 0) is 35.9 Å². The lowest BCUT2D eigenvalue weighted by Crippen LogP contribution is -2.08. The van der Waals surface area contributed by atoms with Gasteiger partial charge in [0.1, 0.15) is 5.75 Å². The fraction of sp³-hybridized carbons (Fsp3) is 0.158. The summed E-state index contributed by atoms with van der Waals surface area (Å²) in [5, 5.41) is 20.9. The van der Waals surface area contributed by atoms with Crippen molar-refractivity contribution < 1.29 is 19.7 Å². The molecule has 0 amide bonds. The number of aromatic hydroxyl groups is 2. The van der Waals surface area contributed by atoms with Crippen molar-refractivity contribution in [3.05, 3.63) is 57.9 Å². The lowest BCUT2D eigenvalue weighted by Gasteiger charge is -2.07. The van der Waals surface area contributed by atoms with Crippen LogP contribution in [0.4, 0.5) is 0 Å². The minimum atomic E-state index is -0.391. The quantitative estimate of drug-likeness (QED) is 0.611. The number of methoxy groups -OCH3 is 2. The van der Waals surface area contributed by atoms with Crippen molar-refractivity contribution in [2.75, 3.05) is 14.2 Å². The Labute approximate surface area is 149 Å². The first kappa shape index (κ1) is 17.3. The molecule has 26 heavy (non-hydrogen) atoms. The van der Waals surface area contributed by atoms with E-state index in [-0.39, 0.29) is 18.2 Å².